The fourth-order valence-corrected chi connectivity index (χ4v) is 3.30. The SMILES string of the molecule is N#Cc1cccc(-c2cccc(-c3nc(C4CCCN4C#N)no3)c2)c1F. The molecule has 7 heteroatoms. The fraction of sp³-hybridized carbons (Fsp3) is 0.200. The average molecular weight is 359 g/mol. The molecule has 1 aliphatic rings. The maximum atomic E-state index is 14.5. The molecule has 1 aliphatic heterocycles. The summed E-state index contributed by atoms with van der Waals surface area (Å²) in [7, 11) is 0. The van der Waals surface area contributed by atoms with Crippen molar-refractivity contribution >= 4 is 0 Å². The molecule has 3 aromatic rings. The van der Waals surface area contributed by atoms with Crippen molar-refractivity contribution in [3.63, 3.8) is 0 Å². The maximum Gasteiger partial charge on any atom is 0.258 e. The third-order valence-electron chi connectivity index (χ3n) is 4.66. The zero-order chi connectivity index (χ0) is 18.8. The van der Waals surface area contributed by atoms with Crippen LogP contribution < -0.4 is 0 Å². The molecule has 0 N–H and O–H groups in total. The largest absolute Gasteiger partial charge is 0.334 e. The lowest BCUT2D eigenvalue weighted by Crippen LogP contribution is -2.17. The van der Waals surface area contributed by atoms with Crippen molar-refractivity contribution in [2.45, 2.75) is 18.9 Å². The van der Waals surface area contributed by atoms with E-state index in [1.807, 2.05) is 6.07 Å². The van der Waals surface area contributed by atoms with Gasteiger partial charge in [-0.05, 0) is 36.6 Å². The highest BCUT2D eigenvalue weighted by molar-refractivity contribution is 5.71. The molecule has 2 heterocycles. The Morgan fingerprint density at radius 1 is 1.15 bits per heavy atom. The minimum Gasteiger partial charge on any atom is -0.334 e. The Labute approximate surface area is 155 Å². The van der Waals surface area contributed by atoms with Gasteiger partial charge in [0.05, 0.1) is 5.56 Å². The van der Waals surface area contributed by atoms with Gasteiger partial charge in [0.15, 0.2) is 12.0 Å². The Morgan fingerprint density at radius 3 is 2.78 bits per heavy atom. The van der Waals surface area contributed by atoms with Crippen molar-refractivity contribution in [1.82, 2.24) is 15.0 Å². The highest BCUT2D eigenvalue weighted by Gasteiger charge is 2.29. The van der Waals surface area contributed by atoms with Crippen molar-refractivity contribution < 1.29 is 8.91 Å². The monoisotopic (exact) mass is 359 g/mol. The summed E-state index contributed by atoms with van der Waals surface area (Å²) < 4.78 is 19.9. The second-order valence-corrected chi connectivity index (χ2v) is 6.27. The fourth-order valence-electron chi connectivity index (χ4n) is 3.30. The maximum absolute atomic E-state index is 14.5. The van der Waals surface area contributed by atoms with E-state index in [2.05, 4.69) is 16.3 Å². The molecule has 0 radical (unpaired) electrons. The molecule has 1 saturated heterocycles. The van der Waals surface area contributed by atoms with Crippen molar-refractivity contribution in [1.29, 1.82) is 10.5 Å². The van der Waals surface area contributed by atoms with Crippen molar-refractivity contribution in [2.24, 2.45) is 0 Å². The van der Waals surface area contributed by atoms with E-state index in [9.17, 15) is 9.65 Å². The molecule has 1 fully saturated rings. The van der Waals surface area contributed by atoms with Gasteiger partial charge < -0.3 is 4.52 Å². The van der Waals surface area contributed by atoms with Gasteiger partial charge in [-0.3, -0.25) is 4.90 Å². The number of hydrogen-bond acceptors (Lipinski definition) is 6. The number of nitriles is 2. The van der Waals surface area contributed by atoms with Gasteiger partial charge in [0.25, 0.3) is 5.89 Å². The van der Waals surface area contributed by atoms with Crippen LogP contribution in [0.4, 0.5) is 4.39 Å². The summed E-state index contributed by atoms with van der Waals surface area (Å²) in [5.41, 5.74) is 1.59. The quantitative estimate of drug-likeness (QED) is 0.656. The molecule has 1 atom stereocenters. The van der Waals surface area contributed by atoms with Crippen LogP contribution >= 0.6 is 0 Å². The van der Waals surface area contributed by atoms with E-state index >= 15 is 0 Å². The average Bonchev–Trinajstić information content (AvgIpc) is 3.37. The van der Waals surface area contributed by atoms with Crippen LogP contribution in [0.25, 0.3) is 22.6 Å². The number of rotatable bonds is 3. The first-order valence-electron chi connectivity index (χ1n) is 8.50. The molecule has 0 aliphatic carbocycles. The number of benzene rings is 2. The van der Waals surface area contributed by atoms with E-state index in [-0.39, 0.29) is 11.6 Å². The molecule has 0 spiro atoms. The molecule has 0 bridgehead atoms. The van der Waals surface area contributed by atoms with Gasteiger partial charge in [-0.1, -0.05) is 29.4 Å². The van der Waals surface area contributed by atoms with Gasteiger partial charge in [-0.2, -0.15) is 15.5 Å². The van der Waals surface area contributed by atoms with Crippen molar-refractivity contribution in [3.05, 3.63) is 59.7 Å². The molecule has 1 aromatic heterocycles. The first-order chi connectivity index (χ1) is 13.2. The van der Waals surface area contributed by atoms with Crippen LogP contribution in [0.1, 0.15) is 30.3 Å². The molecule has 4 rings (SSSR count). The molecule has 2 aromatic carbocycles. The predicted octanol–water partition coefficient (Wildman–Crippen LogP) is 4.03. The lowest BCUT2D eigenvalue weighted by Gasteiger charge is -2.13. The van der Waals surface area contributed by atoms with Gasteiger partial charge in [-0.15, -0.1) is 0 Å². The summed E-state index contributed by atoms with van der Waals surface area (Å²) in [6.45, 7) is 0.690. The van der Waals surface area contributed by atoms with Gasteiger partial charge in [-0.25, -0.2) is 4.39 Å². The van der Waals surface area contributed by atoms with Crippen LogP contribution in [0.3, 0.4) is 0 Å². The summed E-state index contributed by atoms with van der Waals surface area (Å²) in [5, 5.41) is 22.2. The molecular weight excluding hydrogens is 345 g/mol. The van der Waals surface area contributed by atoms with E-state index < -0.39 is 5.82 Å². The highest BCUT2D eigenvalue weighted by atomic mass is 19.1. The lowest BCUT2D eigenvalue weighted by molar-refractivity contribution is 0.339. The van der Waals surface area contributed by atoms with Crippen LogP contribution in [0.15, 0.2) is 47.0 Å². The molecule has 1 unspecified atom stereocenters. The summed E-state index contributed by atoms with van der Waals surface area (Å²) >= 11 is 0. The van der Waals surface area contributed by atoms with Crippen LogP contribution in [-0.4, -0.2) is 21.6 Å². The van der Waals surface area contributed by atoms with Crippen molar-refractivity contribution in [3.8, 4) is 34.8 Å². The Bertz CT molecular complexity index is 1080. The van der Waals surface area contributed by atoms with Crippen LogP contribution in [0, 0.1) is 28.6 Å². The standard InChI is InChI=1S/C20H14FN5O/c21-18-15(11-22)6-2-7-16(18)13-4-1-5-14(10-13)20-24-19(25-27-20)17-8-3-9-26(17)12-23/h1-2,4-7,10,17H,3,8-9H2. The summed E-state index contributed by atoms with van der Waals surface area (Å²) in [5.74, 6) is 0.236. The van der Waals surface area contributed by atoms with E-state index in [0.717, 1.165) is 12.8 Å². The van der Waals surface area contributed by atoms with Crippen LogP contribution in [0.2, 0.25) is 0 Å². The minimum atomic E-state index is -0.556. The first kappa shape index (κ1) is 16.7. The third-order valence-corrected chi connectivity index (χ3v) is 4.66. The third kappa shape index (κ3) is 3.00. The van der Waals surface area contributed by atoms with E-state index in [0.29, 0.717) is 35.0 Å². The van der Waals surface area contributed by atoms with Gasteiger partial charge >= 0.3 is 0 Å². The van der Waals surface area contributed by atoms with Crippen LogP contribution in [0.5, 0.6) is 0 Å². The van der Waals surface area contributed by atoms with E-state index in [1.165, 1.54) is 6.07 Å². The molecule has 0 saturated carbocycles. The first-order valence-corrected chi connectivity index (χ1v) is 8.50. The summed E-state index contributed by atoms with van der Waals surface area (Å²) in [6, 6.07) is 13.5. The Balaban J connectivity index is 1.69. The minimum absolute atomic E-state index is 0.00388. The summed E-state index contributed by atoms with van der Waals surface area (Å²) in [4.78, 5) is 6.08. The predicted molar refractivity (Wildman–Crippen MR) is 94.1 cm³/mol. The second-order valence-electron chi connectivity index (χ2n) is 6.27. The molecule has 0 amide bonds. The van der Waals surface area contributed by atoms with E-state index in [1.54, 1.807) is 41.3 Å². The van der Waals surface area contributed by atoms with Crippen LogP contribution in [-0.2, 0) is 0 Å². The number of likely N-dealkylation sites (tertiary alicyclic amines) is 1. The number of aromatic nitrogens is 2. The normalized spacial score (nSPS) is 16.1. The topological polar surface area (TPSA) is 89.7 Å². The Kier molecular flexibility index (Phi) is 4.27. The number of hydrogen-bond donors (Lipinski definition) is 0. The van der Waals surface area contributed by atoms with Crippen molar-refractivity contribution in [2.75, 3.05) is 6.54 Å². The molecule has 132 valence electrons. The Morgan fingerprint density at radius 2 is 1.96 bits per heavy atom. The zero-order valence-corrected chi connectivity index (χ0v) is 14.3. The molecule has 27 heavy (non-hydrogen) atoms. The lowest BCUT2D eigenvalue weighted by atomic mass is 10.0. The van der Waals surface area contributed by atoms with E-state index in [4.69, 9.17) is 9.78 Å². The number of nitrogens with zero attached hydrogens (tertiary/aromatic N) is 5. The molecular formula is C20H14FN5O. The van der Waals surface area contributed by atoms with Gasteiger partial charge in [0.1, 0.15) is 17.9 Å². The van der Waals surface area contributed by atoms with Gasteiger partial charge in [0.2, 0.25) is 0 Å². The summed E-state index contributed by atoms with van der Waals surface area (Å²) in [6.07, 6.45) is 3.87. The zero-order valence-electron chi connectivity index (χ0n) is 14.3. The smallest absolute Gasteiger partial charge is 0.258 e. The number of halogens is 1. The molecule has 6 nitrogen and oxygen atoms in total. The van der Waals surface area contributed by atoms with Gasteiger partial charge in [0, 0.05) is 17.7 Å². The Hall–Kier alpha value is -3.71. The second kappa shape index (κ2) is 6.89. The highest BCUT2D eigenvalue weighted by Crippen LogP contribution is 2.32.